The average Bonchev–Trinajstić information content (AvgIpc) is 2.11. The van der Waals surface area contributed by atoms with Crippen molar-refractivity contribution in [3.05, 3.63) is 0 Å². The minimum absolute atomic E-state index is 0.0336. The molecule has 0 aromatic carbocycles. The molecule has 3 heteroatoms. The molecule has 0 aromatic rings. The molecule has 0 spiro atoms. The van der Waals surface area contributed by atoms with Gasteiger partial charge >= 0.3 is 0 Å². The molecule has 84 valence electrons. The van der Waals surface area contributed by atoms with E-state index in [0.29, 0.717) is 11.1 Å². The van der Waals surface area contributed by atoms with Crippen LogP contribution in [0.3, 0.4) is 0 Å². The number of nitrogens with two attached hydrogens (primary N) is 1. The smallest absolute Gasteiger partial charge is 0.0784 e. The molecular weight excluding hydrogens is 194 g/mol. The first kappa shape index (κ1) is 13.8. The topological polar surface area (TPSA) is 35.2 Å². The molecule has 0 saturated heterocycles. The van der Waals surface area contributed by atoms with Gasteiger partial charge in [0.05, 0.1) is 11.1 Å². The lowest BCUT2D eigenvalue weighted by Gasteiger charge is -2.23. The Kier molecular flexibility index (Phi) is 6.29. The third kappa shape index (κ3) is 5.55. The van der Waals surface area contributed by atoms with E-state index in [1.807, 2.05) is 0 Å². The maximum absolute atomic E-state index is 5.63. The van der Waals surface area contributed by atoms with Crippen molar-refractivity contribution in [2.45, 2.75) is 53.1 Å². The summed E-state index contributed by atoms with van der Waals surface area (Å²) < 4.78 is 5.58. The summed E-state index contributed by atoms with van der Waals surface area (Å²) in [6, 6.07) is 0. The zero-order valence-corrected chi connectivity index (χ0v) is 10.6. The Bertz CT molecular complexity index is 180. The van der Waals surface area contributed by atoms with Gasteiger partial charge in [-0.3, -0.25) is 0 Å². The zero-order valence-electron chi connectivity index (χ0n) is 9.80. The molecule has 2 N–H and O–H groups in total. The third-order valence-corrected chi connectivity index (χ3v) is 3.14. The van der Waals surface area contributed by atoms with Crippen LogP contribution < -0.4 is 5.73 Å². The number of ether oxygens (including phenoxy) is 1. The molecule has 0 aliphatic rings. The van der Waals surface area contributed by atoms with Gasteiger partial charge in [-0.15, -0.1) is 0 Å². The van der Waals surface area contributed by atoms with Crippen LogP contribution in [0.25, 0.3) is 0 Å². The maximum Gasteiger partial charge on any atom is 0.0784 e. The highest BCUT2D eigenvalue weighted by atomic mass is 32.1. The van der Waals surface area contributed by atoms with Crippen molar-refractivity contribution in [2.24, 2.45) is 11.1 Å². The van der Waals surface area contributed by atoms with Gasteiger partial charge in [0.1, 0.15) is 0 Å². The summed E-state index contributed by atoms with van der Waals surface area (Å²) in [6.45, 7) is 9.19. The summed E-state index contributed by atoms with van der Waals surface area (Å²) in [4.78, 5) is 0.598. The monoisotopic (exact) mass is 217 g/mol. The molecule has 0 aliphatic carbocycles. The first-order valence-electron chi connectivity index (χ1n) is 5.31. The number of thiocarbonyl (C=S) groups is 1. The van der Waals surface area contributed by atoms with Crippen LogP contribution in [-0.2, 0) is 4.74 Å². The van der Waals surface area contributed by atoms with Crippen LogP contribution in [0.15, 0.2) is 0 Å². The van der Waals surface area contributed by atoms with E-state index in [1.165, 1.54) is 0 Å². The number of hydrogen-bond acceptors (Lipinski definition) is 2. The van der Waals surface area contributed by atoms with Crippen molar-refractivity contribution in [1.29, 1.82) is 0 Å². The summed E-state index contributed by atoms with van der Waals surface area (Å²) in [7, 11) is 0. The minimum Gasteiger partial charge on any atom is -0.393 e. The summed E-state index contributed by atoms with van der Waals surface area (Å²) in [5.41, 5.74) is 5.60. The van der Waals surface area contributed by atoms with Crippen molar-refractivity contribution in [3.63, 3.8) is 0 Å². The Morgan fingerprint density at radius 2 is 2.07 bits per heavy atom. The molecule has 0 heterocycles. The molecule has 0 saturated carbocycles. The second-order valence-electron chi connectivity index (χ2n) is 4.44. The Morgan fingerprint density at radius 1 is 1.50 bits per heavy atom. The lowest BCUT2D eigenvalue weighted by Crippen LogP contribution is -2.30. The largest absolute Gasteiger partial charge is 0.393 e. The van der Waals surface area contributed by atoms with Crippen molar-refractivity contribution in [1.82, 2.24) is 0 Å². The molecule has 0 radical (unpaired) electrons. The van der Waals surface area contributed by atoms with Gasteiger partial charge in [-0.05, 0) is 26.2 Å². The quantitative estimate of drug-likeness (QED) is 0.526. The highest BCUT2D eigenvalue weighted by Gasteiger charge is 2.20. The maximum atomic E-state index is 5.63. The Balaban J connectivity index is 3.59. The van der Waals surface area contributed by atoms with Crippen LogP contribution in [0, 0.1) is 5.41 Å². The third-order valence-electron chi connectivity index (χ3n) is 2.59. The standard InChI is InChI=1S/C11H23NOS/c1-5-9(2)13-8-6-7-11(3,4)10(12)14/h9H,5-8H2,1-4H3,(H2,12,14). The van der Waals surface area contributed by atoms with Crippen LogP contribution in [0.2, 0.25) is 0 Å². The summed E-state index contributed by atoms with van der Waals surface area (Å²) in [5.74, 6) is 0. The van der Waals surface area contributed by atoms with Crippen LogP contribution in [-0.4, -0.2) is 17.7 Å². The summed E-state index contributed by atoms with van der Waals surface area (Å²) >= 11 is 4.99. The second kappa shape index (κ2) is 6.36. The van der Waals surface area contributed by atoms with Crippen LogP contribution >= 0.6 is 12.2 Å². The molecular formula is C11H23NOS. The van der Waals surface area contributed by atoms with Crippen molar-refractivity contribution < 1.29 is 4.74 Å². The van der Waals surface area contributed by atoms with Gasteiger partial charge in [-0.2, -0.15) is 0 Å². The zero-order chi connectivity index (χ0) is 11.2. The summed E-state index contributed by atoms with van der Waals surface area (Å²) in [6.07, 6.45) is 3.45. The van der Waals surface area contributed by atoms with Crippen LogP contribution in [0.4, 0.5) is 0 Å². The Labute approximate surface area is 93.2 Å². The molecule has 1 atom stereocenters. The molecule has 14 heavy (non-hydrogen) atoms. The van der Waals surface area contributed by atoms with Gasteiger partial charge in [0.15, 0.2) is 0 Å². The SMILES string of the molecule is CCC(C)OCCCC(C)(C)C(N)=S. The van der Waals surface area contributed by atoms with E-state index in [9.17, 15) is 0 Å². The second-order valence-corrected chi connectivity index (χ2v) is 4.88. The molecule has 0 fully saturated rings. The van der Waals surface area contributed by atoms with Crippen molar-refractivity contribution in [3.8, 4) is 0 Å². The fourth-order valence-corrected chi connectivity index (χ4v) is 1.14. The number of hydrogen-bond donors (Lipinski definition) is 1. The fourth-order valence-electron chi connectivity index (χ4n) is 1.04. The Morgan fingerprint density at radius 3 is 2.50 bits per heavy atom. The van der Waals surface area contributed by atoms with E-state index in [-0.39, 0.29) is 5.41 Å². The predicted octanol–water partition coefficient (Wildman–Crippen LogP) is 2.89. The molecule has 0 aromatic heterocycles. The van der Waals surface area contributed by atoms with E-state index in [0.717, 1.165) is 25.9 Å². The lowest BCUT2D eigenvalue weighted by molar-refractivity contribution is 0.0583. The molecule has 0 amide bonds. The van der Waals surface area contributed by atoms with Gasteiger partial charge in [-0.1, -0.05) is 33.0 Å². The summed E-state index contributed by atoms with van der Waals surface area (Å²) in [5, 5.41) is 0. The molecule has 2 nitrogen and oxygen atoms in total. The van der Waals surface area contributed by atoms with E-state index < -0.39 is 0 Å². The van der Waals surface area contributed by atoms with Crippen LogP contribution in [0.5, 0.6) is 0 Å². The first-order valence-corrected chi connectivity index (χ1v) is 5.72. The highest BCUT2D eigenvalue weighted by molar-refractivity contribution is 7.80. The number of rotatable bonds is 7. The van der Waals surface area contributed by atoms with Gasteiger partial charge in [0.25, 0.3) is 0 Å². The minimum atomic E-state index is -0.0336. The van der Waals surface area contributed by atoms with Crippen LogP contribution in [0.1, 0.15) is 47.0 Å². The van der Waals surface area contributed by atoms with E-state index in [4.69, 9.17) is 22.7 Å². The van der Waals surface area contributed by atoms with Gasteiger partial charge in [0, 0.05) is 12.0 Å². The van der Waals surface area contributed by atoms with E-state index >= 15 is 0 Å². The van der Waals surface area contributed by atoms with Gasteiger partial charge in [0.2, 0.25) is 0 Å². The van der Waals surface area contributed by atoms with E-state index in [1.54, 1.807) is 0 Å². The van der Waals surface area contributed by atoms with Crippen molar-refractivity contribution >= 4 is 17.2 Å². The lowest BCUT2D eigenvalue weighted by atomic mass is 9.88. The highest BCUT2D eigenvalue weighted by Crippen LogP contribution is 2.22. The molecule has 0 rings (SSSR count). The van der Waals surface area contributed by atoms with Gasteiger partial charge in [-0.25, -0.2) is 0 Å². The molecule has 0 aliphatic heterocycles. The normalized spacial score (nSPS) is 14.0. The predicted molar refractivity (Wildman–Crippen MR) is 65.5 cm³/mol. The van der Waals surface area contributed by atoms with Crippen molar-refractivity contribution in [2.75, 3.05) is 6.61 Å². The van der Waals surface area contributed by atoms with Gasteiger partial charge < -0.3 is 10.5 Å². The molecule has 1 unspecified atom stereocenters. The fraction of sp³-hybridized carbons (Fsp3) is 0.909. The average molecular weight is 217 g/mol. The Hall–Kier alpha value is -0.150. The molecule has 0 bridgehead atoms. The first-order chi connectivity index (χ1) is 6.40. The van der Waals surface area contributed by atoms with E-state index in [2.05, 4.69) is 27.7 Å².